The van der Waals surface area contributed by atoms with E-state index in [4.69, 9.17) is 9.84 Å². The van der Waals surface area contributed by atoms with E-state index in [1.54, 1.807) is 61.5 Å². The van der Waals surface area contributed by atoms with Crippen LogP contribution in [0.5, 0.6) is 5.75 Å². The Morgan fingerprint density at radius 1 is 1.18 bits per heavy atom. The summed E-state index contributed by atoms with van der Waals surface area (Å²) in [5.41, 5.74) is 2.36. The number of anilines is 1. The van der Waals surface area contributed by atoms with Crippen molar-refractivity contribution >= 4 is 28.4 Å². The molecule has 10 heteroatoms. The normalized spacial score (nSPS) is 15.7. The Kier molecular flexibility index (Phi) is 7.25. The van der Waals surface area contributed by atoms with E-state index in [2.05, 4.69) is 16.7 Å². The molecule has 9 nitrogen and oxygen atoms in total. The van der Waals surface area contributed by atoms with E-state index in [0.29, 0.717) is 45.8 Å². The molecule has 0 saturated carbocycles. The fraction of sp³-hybridized carbons (Fsp3) is 0.241. The number of likely N-dealkylation sites (N-methyl/N-ethyl adjacent to an activating group) is 1. The summed E-state index contributed by atoms with van der Waals surface area (Å²) >= 11 is 0. The lowest BCUT2D eigenvalue weighted by Gasteiger charge is -2.25. The number of carbonyl (C=O) groups excluding carboxylic acids is 2. The highest BCUT2D eigenvalue weighted by atomic mass is 19.1. The lowest BCUT2D eigenvalue weighted by atomic mass is 10.1. The third-order valence-corrected chi connectivity index (χ3v) is 6.63. The number of aromatic nitrogens is 2. The molecule has 0 aliphatic carbocycles. The molecule has 0 saturated heterocycles. The Labute approximate surface area is 224 Å². The molecule has 2 N–H and O–H groups in total. The van der Waals surface area contributed by atoms with E-state index in [1.807, 2.05) is 6.92 Å². The summed E-state index contributed by atoms with van der Waals surface area (Å²) in [4.78, 5) is 28.1. The number of hydrogen-bond donors (Lipinski definition) is 2. The summed E-state index contributed by atoms with van der Waals surface area (Å²) < 4.78 is 21.8. The van der Waals surface area contributed by atoms with Crippen molar-refractivity contribution < 1.29 is 18.7 Å². The monoisotopic (exact) mass is 526 g/mol. The molecular formula is C29H27FN6O3. The van der Waals surface area contributed by atoms with Crippen molar-refractivity contribution in [3.8, 4) is 17.5 Å². The highest BCUT2D eigenvalue weighted by molar-refractivity contribution is 6.01. The Bertz CT molecular complexity index is 1590. The number of nitriles is 1. The maximum atomic E-state index is 14.4. The van der Waals surface area contributed by atoms with Gasteiger partial charge in [0.15, 0.2) is 0 Å². The van der Waals surface area contributed by atoms with Crippen molar-refractivity contribution in [1.29, 1.82) is 5.26 Å². The Balaban J connectivity index is 1.57. The van der Waals surface area contributed by atoms with Crippen LogP contribution in [-0.2, 0) is 16.1 Å². The Morgan fingerprint density at radius 3 is 2.69 bits per heavy atom. The van der Waals surface area contributed by atoms with Crippen LogP contribution in [0.1, 0.15) is 25.1 Å². The minimum atomic E-state index is -0.934. The third-order valence-electron chi connectivity index (χ3n) is 6.63. The zero-order chi connectivity index (χ0) is 27.5. The molecular weight excluding hydrogens is 499 g/mol. The van der Waals surface area contributed by atoms with Crippen LogP contribution in [0.25, 0.3) is 16.6 Å². The standard InChI is InChI=1S/C29H27FN6O3/c1-3-32-18(2)28(37)33-23-17-39-27-11-7-6-10-25(27)35(29(23)38)16-22-21-13-12-20(30)14-26(21)36(34-22)24-9-5-4-8-19(24)15-31/h4-14,18,23,32H,3,16-17H2,1-2H3,(H,33,37)/t18-,23-/m0/s1. The van der Waals surface area contributed by atoms with Gasteiger partial charge >= 0.3 is 0 Å². The molecule has 0 radical (unpaired) electrons. The number of fused-ring (bicyclic) bond motifs is 2. The van der Waals surface area contributed by atoms with Crippen LogP contribution >= 0.6 is 0 Å². The van der Waals surface area contributed by atoms with Crippen LogP contribution in [0.15, 0.2) is 66.7 Å². The molecule has 1 aliphatic heterocycles. The Hall–Kier alpha value is -4.75. The van der Waals surface area contributed by atoms with Gasteiger partial charge in [0.2, 0.25) is 5.91 Å². The van der Waals surface area contributed by atoms with E-state index >= 15 is 0 Å². The second-order valence-corrected chi connectivity index (χ2v) is 9.19. The smallest absolute Gasteiger partial charge is 0.253 e. The minimum Gasteiger partial charge on any atom is -0.489 e. The lowest BCUT2D eigenvalue weighted by molar-refractivity contribution is -0.129. The maximum absolute atomic E-state index is 14.4. The van der Waals surface area contributed by atoms with Gasteiger partial charge in [-0.25, -0.2) is 9.07 Å². The zero-order valence-corrected chi connectivity index (χ0v) is 21.5. The Morgan fingerprint density at radius 2 is 1.92 bits per heavy atom. The lowest BCUT2D eigenvalue weighted by Crippen LogP contribution is -2.54. The molecule has 0 bridgehead atoms. The molecule has 1 aromatic heterocycles. The van der Waals surface area contributed by atoms with Gasteiger partial charge in [0, 0.05) is 11.5 Å². The van der Waals surface area contributed by atoms with Gasteiger partial charge in [-0.2, -0.15) is 10.4 Å². The van der Waals surface area contributed by atoms with E-state index in [0.717, 1.165) is 0 Å². The fourth-order valence-corrected chi connectivity index (χ4v) is 4.67. The summed E-state index contributed by atoms with van der Waals surface area (Å²) in [7, 11) is 0. The van der Waals surface area contributed by atoms with Crippen LogP contribution in [-0.4, -0.2) is 46.8 Å². The first-order valence-electron chi connectivity index (χ1n) is 12.6. The number of nitrogens with zero attached hydrogens (tertiary/aromatic N) is 4. The average molecular weight is 527 g/mol. The predicted octanol–water partition coefficient (Wildman–Crippen LogP) is 3.44. The molecule has 39 heavy (non-hydrogen) atoms. The van der Waals surface area contributed by atoms with E-state index < -0.39 is 17.9 Å². The number of benzene rings is 3. The van der Waals surface area contributed by atoms with E-state index in [1.165, 1.54) is 21.7 Å². The van der Waals surface area contributed by atoms with Crippen LogP contribution in [0, 0.1) is 17.1 Å². The SMILES string of the molecule is CCN[C@@H](C)C(=O)N[C@H]1COc2ccccc2N(Cc2nn(-c3ccccc3C#N)c3cc(F)ccc23)C1=O. The number of ether oxygens (including phenoxy) is 1. The molecule has 4 aromatic rings. The molecule has 5 rings (SSSR count). The molecule has 2 heterocycles. The van der Waals surface area contributed by atoms with Crippen molar-refractivity contribution in [2.45, 2.75) is 32.5 Å². The van der Waals surface area contributed by atoms with Crippen molar-refractivity contribution in [3.05, 3.63) is 83.8 Å². The van der Waals surface area contributed by atoms with Gasteiger partial charge in [-0.15, -0.1) is 0 Å². The van der Waals surface area contributed by atoms with Crippen molar-refractivity contribution in [3.63, 3.8) is 0 Å². The summed E-state index contributed by atoms with van der Waals surface area (Å²) in [6, 6.07) is 19.1. The molecule has 0 unspecified atom stereocenters. The molecule has 3 aromatic carbocycles. The predicted molar refractivity (Wildman–Crippen MR) is 144 cm³/mol. The number of nitrogens with one attached hydrogen (secondary N) is 2. The van der Waals surface area contributed by atoms with Gasteiger partial charge in [0.05, 0.1) is 40.7 Å². The molecule has 198 valence electrons. The largest absolute Gasteiger partial charge is 0.489 e. The van der Waals surface area contributed by atoms with Crippen molar-refractivity contribution in [2.24, 2.45) is 0 Å². The van der Waals surface area contributed by atoms with Gasteiger partial charge in [-0.05, 0) is 49.9 Å². The van der Waals surface area contributed by atoms with Crippen LogP contribution in [0.4, 0.5) is 10.1 Å². The van der Waals surface area contributed by atoms with Gasteiger partial charge in [-0.1, -0.05) is 31.2 Å². The number of rotatable bonds is 7. The van der Waals surface area contributed by atoms with E-state index in [-0.39, 0.29) is 25.0 Å². The zero-order valence-electron chi connectivity index (χ0n) is 21.5. The molecule has 0 fully saturated rings. The first-order valence-corrected chi connectivity index (χ1v) is 12.6. The number of amides is 2. The fourth-order valence-electron chi connectivity index (χ4n) is 4.67. The summed E-state index contributed by atoms with van der Waals surface area (Å²) in [5, 5.41) is 20.9. The second-order valence-electron chi connectivity index (χ2n) is 9.19. The third kappa shape index (κ3) is 5.04. The molecule has 2 atom stereocenters. The topological polar surface area (TPSA) is 112 Å². The molecule has 1 aliphatic rings. The van der Waals surface area contributed by atoms with Gasteiger partial charge in [-0.3, -0.25) is 9.59 Å². The van der Waals surface area contributed by atoms with Crippen molar-refractivity contribution in [1.82, 2.24) is 20.4 Å². The highest BCUT2D eigenvalue weighted by Crippen LogP contribution is 2.34. The number of carbonyl (C=O) groups is 2. The van der Waals surface area contributed by atoms with Crippen molar-refractivity contribution in [2.75, 3.05) is 18.1 Å². The highest BCUT2D eigenvalue weighted by Gasteiger charge is 2.34. The summed E-state index contributed by atoms with van der Waals surface area (Å²) in [5.74, 6) is -0.638. The number of halogens is 1. The van der Waals surface area contributed by atoms with Crippen LogP contribution in [0.3, 0.4) is 0 Å². The first kappa shape index (κ1) is 25.9. The van der Waals surface area contributed by atoms with Crippen LogP contribution in [0.2, 0.25) is 0 Å². The second kappa shape index (κ2) is 10.9. The minimum absolute atomic E-state index is 0.0260. The molecule has 0 spiro atoms. The summed E-state index contributed by atoms with van der Waals surface area (Å²) in [6.45, 7) is 4.22. The van der Waals surface area contributed by atoms with Gasteiger partial charge < -0.3 is 20.3 Å². The summed E-state index contributed by atoms with van der Waals surface area (Å²) in [6.07, 6.45) is 0. The van der Waals surface area contributed by atoms with E-state index in [9.17, 15) is 19.2 Å². The maximum Gasteiger partial charge on any atom is 0.253 e. The number of hydrogen-bond acceptors (Lipinski definition) is 6. The van der Waals surface area contributed by atoms with Crippen LogP contribution < -0.4 is 20.3 Å². The van der Waals surface area contributed by atoms with Gasteiger partial charge in [0.1, 0.15) is 30.3 Å². The molecule has 2 amide bonds. The average Bonchev–Trinajstić information content (AvgIpc) is 3.24. The first-order chi connectivity index (χ1) is 18.9. The number of para-hydroxylation sites is 3. The quantitative estimate of drug-likeness (QED) is 0.382. The van der Waals surface area contributed by atoms with Gasteiger partial charge in [0.25, 0.3) is 5.91 Å².